The molecule has 0 aliphatic carbocycles. The van der Waals surface area contributed by atoms with E-state index in [9.17, 15) is 4.79 Å². The molecule has 188 valence electrons. The first-order valence-corrected chi connectivity index (χ1v) is 12.1. The van der Waals surface area contributed by atoms with Gasteiger partial charge >= 0.3 is 0 Å². The van der Waals surface area contributed by atoms with Crippen molar-refractivity contribution in [3.8, 4) is 17.0 Å². The Labute approximate surface area is 215 Å². The number of methoxy groups -OCH3 is 1. The van der Waals surface area contributed by atoms with E-state index in [1.165, 1.54) is 5.56 Å². The second-order valence-corrected chi connectivity index (χ2v) is 9.17. The number of H-pyrrole nitrogens is 1. The Morgan fingerprint density at radius 2 is 1.95 bits per heavy atom. The third-order valence-corrected chi connectivity index (χ3v) is 6.18. The maximum absolute atomic E-state index is 13.5. The molecule has 5 rings (SSSR count). The number of fused-ring (bicyclic) bond motifs is 1. The van der Waals surface area contributed by atoms with Gasteiger partial charge in [-0.2, -0.15) is 10.2 Å². The van der Waals surface area contributed by atoms with Gasteiger partial charge < -0.3 is 15.0 Å². The van der Waals surface area contributed by atoms with Crippen molar-refractivity contribution in [3.63, 3.8) is 0 Å². The topological polar surface area (TPSA) is 100 Å². The molecule has 0 radical (unpaired) electrons. The minimum Gasteiger partial charge on any atom is -0.497 e. The molecule has 0 aliphatic rings. The van der Waals surface area contributed by atoms with Gasteiger partial charge in [0.1, 0.15) is 11.6 Å². The fourth-order valence-electron chi connectivity index (χ4n) is 4.34. The molecule has 5 aromatic rings. The number of nitrogens with one attached hydrogen (secondary N) is 2. The summed E-state index contributed by atoms with van der Waals surface area (Å²) in [5.41, 5.74) is 5.18. The van der Waals surface area contributed by atoms with Crippen LogP contribution < -0.4 is 15.0 Å². The van der Waals surface area contributed by atoms with E-state index < -0.39 is 0 Å². The van der Waals surface area contributed by atoms with Crippen LogP contribution in [-0.2, 0) is 6.54 Å². The van der Waals surface area contributed by atoms with Crippen LogP contribution in [-0.4, -0.2) is 44.9 Å². The van der Waals surface area contributed by atoms with E-state index in [4.69, 9.17) is 14.8 Å². The van der Waals surface area contributed by atoms with Gasteiger partial charge in [0, 0.05) is 48.7 Å². The Hall–Kier alpha value is -4.66. The maximum atomic E-state index is 13.5. The largest absolute Gasteiger partial charge is 0.497 e. The lowest BCUT2D eigenvalue weighted by Gasteiger charge is -2.20. The number of hydrogen-bond donors (Lipinski definition) is 2. The minimum atomic E-state index is -0.306. The van der Waals surface area contributed by atoms with Crippen molar-refractivity contribution in [2.45, 2.75) is 26.3 Å². The summed E-state index contributed by atoms with van der Waals surface area (Å²) in [6.45, 7) is 4.76. The lowest BCUT2D eigenvalue weighted by molar-refractivity contribution is 0.102. The number of carbonyl (C=O) groups is 1. The lowest BCUT2D eigenvalue weighted by atomic mass is 10.0. The first-order valence-electron chi connectivity index (χ1n) is 12.1. The van der Waals surface area contributed by atoms with E-state index in [0.29, 0.717) is 29.3 Å². The Morgan fingerprint density at radius 3 is 2.65 bits per heavy atom. The molecule has 2 N–H and O–H groups in total. The van der Waals surface area contributed by atoms with Gasteiger partial charge in [-0.1, -0.05) is 50.2 Å². The molecule has 2 aromatic carbocycles. The Balaban J connectivity index is 1.62. The molecule has 0 aliphatic heterocycles. The molecule has 0 spiro atoms. The Kier molecular flexibility index (Phi) is 6.59. The maximum Gasteiger partial charge on any atom is 0.276 e. The van der Waals surface area contributed by atoms with Crippen LogP contribution in [0.1, 0.15) is 41.4 Å². The van der Waals surface area contributed by atoms with Crippen molar-refractivity contribution in [1.82, 2.24) is 24.8 Å². The van der Waals surface area contributed by atoms with Crippen LogP contribution in [0, 0.1) is 0 Å². The zero-order valence-corrected chi connectivity index (χ0v) is 21.3. The van der Waals surface area contributed by atoms with Gasteiger partial charge in [0.25, 0.3) is 5.91 Å². The van der Waals surface area contributed by atoms with E-state index in [1.54, 1.807) is 23.9 Å². The highest BCUT2D eigenvalue weighted by atomic mass is 16.5. The number of carbonyl (C=O) groups excluding carboxylic acids is 1. The second kappa shape index (κ2) is 10.1. The summed E-state index contributed by atoms with van der Waals surface area (Å²) >= 11 is 0. The first kappa shape index (κ1) is 24.1. The second-order valence-electron chi connectivity index (χ2n) is 9.17. The molecule has 0 saturated carbocycles. The molecule has 1 amide bonds. The predicted molar refractivity (Wildman–Crippen MR) is 144 cm³/mol. The summed E-state index contributed by atoms with van der Waals surface area (Å²) in [5, 5.41) is 14.7. The summed E-state index contributed by atoms with van der Waals surface area (Å²) in [6.07, 6.45) is 3.55. The van der Waals surface area contributed by atoms with Crippen molar-refractivity contribution >= 4 is 23.1 Å². The van der Waals surface area contributed by atoms with Gasteiger partial charge in [-0.05, 0) is 23.6 Å². The van der Waals surface area contributed by atoms with Crippen LogP contribution in [0.15, 0.2) is 73.1 Å². The average Bonchev–Trinajstić information content (AvgIpc) is 3.57. The average molecular weight is 496 g/mol. The first-order chi connectivity index (χ1) is 17.9. The van der Waals surface area contributed by atoms with Crippen molar-refractivity contribution < 1.29 is 9.53 Å². The molecule has 9 nitrogen and oxygen atoms in total. The normalized spacial score (nSPS) is 11.2. The van der Waals surface area contributed by atoms with Crippen LogP contribution in [0.4, 0.5) is 11.5 Å². The number of aromatic nitrogens is 5. The summed E-state index contributed by atoms with van der Waals surface area (Å²) in [5.74, 6) is 1.13. The van der Waals surface area contributed by atoms with Gasteiger partial charge in [0.2, 0.25) is 0 Å². The molecule has 0 unspecified atom stereocenters. The summed E-state index contributed by atoms with van der Waals surface area (Å²) < 4.78 is 7.03. The van der Waals surface area contributed by atoms with E-state index in [1.807, 2.05) is 69.6 Å². The summed E-state index contributed by atoms with van der Waals surface area (Å²) in [7, 11) is 3.60. The standard InChI is InChI=1S/C28H29N7O2/c1-18(2)25-26(28(36)31-21-11-8-12-22(13-21)37-4)33-35-23(20-15-29-30-16-20)14-24(32-27(25)35)34(3)17-19-9-6-5-7-10-19/h5-16,18H,17H2,1-4H3,(H,29,30)(H,31,36). The number of benzene rings is 2. The lowest BCUT2D eigenvalue weighted by Crippen LogP contribution is -2.18. The van der Waals surface area contributed by atoms with Crippen LogP contribution in [0.5, 0.6) is 5.75 Å². The third kappa shape index (κ3) is 4.88. The molecule has 3 aromatic heterocycles. The number of rotatable bonds is 8. The minimum absolute atomic E-state index is 0.00272. The van der Waals surface area contributed by atoms with E-state index in [2.05, 4.69) is 32.5 Å². The van der Waals surface area contributed by atoms with Gasteiger partial charge in [-0.25, -0.2) is 9.50 Å². The molecule has 0 bridgehead atoms. The zero-order chi connectivity index (χ0) is 25.9. The van der Waals surface area contributed by atoms with Gasteiger partial charge in [-0.15, -0.1) is 0 Å². The van der Waals surface area contributed by atoms with Gasteiger partial charge in [-0.3, -0.25) is 9.89 Å². The smallest absolute Gasteiger partial charge is 0.276 e. The predicted octanol–water partition coefficient (Wildman–Crippen LogP) is 5.14. The Bertz CT molecular complexity index is 1530. The highest BCUT2D eigenvalue weighted by Gasteiger charge is 2.26. The van der Waals surface area contributed by atoms with Crippen LogP contribution in [0.2, 0.25) is 0 Å². The fraction of sp³-hybridized carbons (Fsp3) is 0.214. The molecule has 9 heteroatoms. The van der Waals surface area contributed by atoms with E-state index in [-0.39, 0.29) is 11.8 Å². The molecule has 37 heavy (non-hydrogen) atoms. The van der Waals surface area contributed by atoms with Crippen molar-refractivity contribution in [1.29, 1.82) is 0 Å². The van der Waals surface area contributed by atoms with Crippen LogP contribution in [0.25, 0.3) is 16.9 Å². The number of aromatic amines is 1. The van der Waals surface area contributed by atoms with E-state index >= 15 is 0 Å². The molecule has 3 heterocycles. The molecule has 0 atom stereocenters. The Morgan fingerprint density at radius 1 is 1.14 bits per heavy atom. The highest BCUT2D eigenvalue weighted by Crippen LogP contribution is 2.31. The summed E-state index contributed by atoms with van der Waals surface area (Å²) in [4.78, 5) is 20.6. The highest BCUT2D eigenvalue weighted by molar-refractivity contribution is 6.05. The number of ether oxygens (including phenoxy) is 1. The quantitative estimate of drug-likeness (QED) is 0.309. The third-order valence-electron chi connectivity index (χ3n) is 6.18. The molecular weight excluding hydrogens is 466 g/mol. The molecule has 0 saturated heterocycles. The van der Waals surface area contributed by atoms with Crippen LogP contribution >= 0.6 is 0 Å². The summed E-state index contributed by atoms with van der Waals surface area (Å²) in [6, 6.07) is 19.5. The van der Waals surface area contributed by atoms with Crippen molar-refractivity contribution in [2.24, 2.45) is 0 Å². The number of hydrogen-bond acceptors (Lipinski definition) is 6. The number of nitrogens with zero attached hydrogens (tertiary/aromatic N) is 5. The molecule has 0 fully saturated rings. The zero-order valence-electron chi connectivity index (χ0n) is 21.3. The monoisotopic (exact) mass is 495 g/mol. The molecular formula is C28H29N7O2. The van der Waals surface area contributed by atoms with Crippen molar-refractivity contribution in [3.05, 3.63) is 89.9 Å². The van der Waals surface area contributed by atoms with E-state index in [0.717, 1.165) is 22.6 Å². The SMILES string of the molecule is COc1cccc(NC(=O)c2nn3c(-c4cn[nH]c4)cc(N(C)Cc4ccccc4)nc3c2C(C)C)c1. The number of amides is 1. The number of anilines is 2. The van der Waals surface area contributed by atoms with Crippen LogP contribution in [0.3, 0.4) is 0 Å². The van der Waals surface area contributed by atoms with Crippen molar-refractivity contribution in [2.75, 3.05) is 24.4 Å². The van der Waals surface area contributed by atoms with Gasteiger partial charge in [0.05, 0.1) is 19.0 Å². The fourth-order valence-corrected chi connectivity index (χ4v) is 4.34. The van der Waals surface area contributed by atoms with Gasteiger partial charge in [0.15, 0.2) is 11.3 Å².